The van der Waals surface area contributed by atoms with Crippen molar-refractivity contribution in [1.82, 2.24) is 4.57 Å². The van der Waals surface area contributed by atoms with E-state index in [-0.39, 0.29) is 5.91 Å². The molecule has 0 spiro atoms. The summed E-state index contributed by atoms with van der Waals surface area (Å²) >= 11 is 0. The Morgan fingerprint density at radius 3 is 2.33 bits per heavy atom. The van der Waals surface area contributed by atoms with E-state index in [0.29, 0.717) is 5.69 Å². The molecule has 0 unspecified atom stereocenters. The average Bonchev–Trinajstić information content (AvgIpc) is 2.52. The first-order chi connectivity index (χ1) is 8.59. The van der Waals surface area contributed by atoms with E-state index in [9.17, 15) is 4.79 Å². The highest BCUT2D eigenvalue weighted by molar-refractivity contribution is 6.11. The van der Waals surface area contributed by atoms with Crippen LogP contribution in [0.1, 0.15) is 21.7 Å². The Morgan fingerprint density at radius 2 is 1.67 bits per heavy atom. The summed E-state index contributed by atoms with van der Waals surface area (Å²) < 4.78 is 1.93. The van der Waals surface area contributed by atoms with Crippen LogP contribution in [0.5, 0.6) is 0 Å². The van der Waals surface area contributed by atoms with Crippen LogP contribution in [-0.2, 0) is 7.05 Å². The highest BCUT2D eigenvalue weighted by atomic mass is 16.2. The van der Waals surface area contributed by atoms with Gasteiger partial charge in [-0.3, -0.25) is 4.79 Å². The molecular weight excluding hydrogens is 226 g/mol. The fraction of sp³-hybridized carbons (Fsp3) is 0.214. The molecule has 0 bridgehead atoms. The summed E-state index contributed by atoms with van der Waals surface area (Å²) in [6, 6.07) is 7.73. The van der Waals surface area contributed by atoms with Crippen molar-refractivity contribution in [2.75, 3.05) is 10.6 Å². The first kappa shape index (κ1) is 10.9. The molecule has 0 saturated carbocycles. The fourth-order valence-electron chi connectivity index (χ4n) is 2.38. The molecule has 3 rings (SSSR count). The Labute approximate surface area is 106 Å². The third-order valence-electron chi connectivity index (χ3n) is 3.64. The van der Waals surface area contributed by atoms with E-state index >= 15 is 0 Å². The molecule has 92 valence electrons. The van der Waals surface area contributed by atoms with Crippen molar-refractivity contribution in [3.63, 3.8) is 0 Å². The van der Waals surface area contributed by atoms with Crippen molar-refractivity contribution in [1.29, 1.82) is 0 Å². The quantitative estimate of drug-likeness (QED) is 0.745. The molecule has 1 aliphatic rings. The van der Waals surface area contributed by atoms with Gasteiger partial charge < -0.3 is 15.2 Å². The van der Waals surface area contributed by atoms with Gasteiger partial charge in [0.15, 0.2) is 0 Å². The standard InChI is InChI=1S/C14H15N3O/c1-8-9(2)17(3)13-12(8)15-10-6-4-5-7-11(10)16-14(13)18/h4-7,15H,1-3H3,(H,16,18). The zero-order valence-electron chi connectivity index (χ0n) is 10.7. The molecule has 1 amide bonds. The maximum Gasteiger partial charge on any atom is 0.274 e. The number of anilines is 3. The van der Waals surface area contributed by atoms with Crippen molar-refractivity contribution in [2.24, 2.45) is 7.05 Å². The number of nitrogens with one attached hydrogen (secondary N) is 2. The number of fused-ring (bicyclic) bond motifs is 2. The second-order valence-corrected chi connectivity index (χ2v) is 4.62. The van der Waals surface area contributed by atoms with E-state index in [1.807, 2.05) is 49.7 Å². The Kier molecular flexibility index (Phi) is 2.20. The van der Waals surface area contributed by atoms with Crippen LogP contribution >= 0.6 is 0 Å². The lowest BCUT2D eigenvalue weighted by molar-refractivity contribution is 0.102. The molecule has 0 fully saturated rings. The van der Waals surface area contributed by atoms with Crippen molar-refractivity contribution < 1.29 is 4.79 Å². The molecule has 1 aromatic heterocycles. The lowest BCUT2D eigenvalue weighted by atomic mass is 10.2. The second kappa shape index (κ2) is 3.63. The summed E-state index contributed by atoms with van der Waals surface area (Å²) in [7, 11) is 1.92. The van der Waals surface area contributed by atoms with Gasteiger partial charge in [-0.05, 0) is 31.5 Å². The Morgan fingerprint density at radius 1 is 1.06 bits per heavy atom. The zero-order valence-corrected chi connectivity index (χ0v) is 10.7. The number of carbonyl (C=O) groups excluding carboxylic acids is 1. The molecule has 1 aliphatic heterocycles. The smallest absolute Gasteiger partial charge is 0.274 e. The van der Waals surface area contributed by atoms with Crippen molar-refractivity contribution >= 4 is 23.0 Å². The summed E-state index contributed by atoms with van der Waals surface area (Å²) in [6.07, 6.45) is 0. The van der Waals surface area contributed by atoms with Gasteiger partial charge in [0.2, 0.25) is 0 Å². The van der Waals surface area contributed by atoms with Gasteiger partial charge in [0.1, 0.15) is 5.69 Å². The Hall–Kier alpha value is -2.23. The van der Waals surface area contributed by atoms with Crippen LogP contribution in [0, 0.1) is 13.8 Å². The predicted octanol–water partition coefficient (Wildman–Crippen LogP) is 2.95. The van der Waals surface area contributed by atoms with Gasteiger partial charge in [-0.25, -0.2) is 0 Å². The van der Waals surface area contributed by atoms with Crippen LogP contribution in [0.3, 0.4) is 0 Å². The van der Waals surface area contributed by atoms with E-state index < -0.39 is 0 Å². The second-order valence-electron chi connectivity index (χ2n) is 4.62. The molecule has 2 aromatic rings. The number of benzene rings is 1. The topological polar surface area (TPSA) is 46.1 Å². The Balaban J connectivity index is 2.26. The summed E-state index contributed by atoms with van der Waals surface area (Å²) in [5.74, 6) is -0.0684. The minimum atomic E-state index is -0.0684. The first-order valence-corrected chi connectivity index (χ1v) is 5.93. The number of hydrogen-bond acceptors (Lipinski definition) is 2. The van der Waals surface area contributed by atoms with E-state index in [2.05, 4.69) is 10.6 Å². The van der Waals surface area contributed by atoms with Gasteiger partial charge in [0, 0.05) is 12.7 Å². The number of amides is 1. The first-order valence-electron chi connectivity index (χ1n) is 5.93. The Bertz CT molecular complexity index is 655. The van der Waals surface area contributed by atoms with Crippen LogP contribution in [0.2, 0.25) is 0 Å². The van der Waals surface area contributed by atoms with Gasteiger partial charge in [-0.2, -0.15) is 0 Å². The molecular formula is C14H15N3O. The molecule has 4 nitrogen and oxygen atoms in total. The molecule has 1 aromatic carbocycles. The van der Waals surface area contributed by atoms with Gasteiger partial charge >= 0.3 is 0 Å². The number of hydrogen-bond donors (Lipinski definition) is 2. The van der Waals surface area contributed by atoms with Gasteiger partial charge in [-0.1, -0.05) is 12.1 Å². The highest BCUT2D eigenvalue weighted by Crippen LogP contribution is 2.35. The van der Waals surface area contributed by atoms with Gasteiger partial charge in [-0.15, -0.1) is 0 Å². The number of nitrogens with zero attached hydrogens (tertiary/aromatic N) is 1. The minimum Gasteiger partial charge on any atom is -0.352 e. The molecule has 0 aliphatic carbocycles. The van der Waals surface area contributed by atoms with E-state index in [1.54, 1.807) is 0 Å². The van der Waals surface area contributed by atoms with E-state index in [4.69, 9.17) is 0 Å². The maximum atomic E-state index is 12.3. The van der Waals surface area contributed by atoms with Crippen molar-refractivity contribution in [3.05, 3.63) is 41.2 Å². The normalized spacial score (nSPS) is 13.2. The fourth-order valence-corrected chi connectivity index (χ4v) is 2.38. The number of rotatable bonds is 0. The molecule has 0 atom stereocenters. The maximum absolute atomic E-state index is 12.3. The number of carbonyl (C=O) groups is 1. The van der Waals surface area contributed by atoms with Crippen LogP contribution in [0.15, 0.2) is 24.3 Å². The molecule has 2 N–H and O–H groups in total. The molecule has 18 heavy (non-hydrogen) atoms. The molecule has 2 heterocycles. The van der Waals surface area contributed by atoms with Crippen LogP contribution < -0.4 is 10.6 Å². The minimum absolute atomic E-state index is 0.0684. The molecule has 4 heteroatoms. The SMILES string of the molecule is Cc1c2c(n(C)c1C)C(=O)Nc1ccccc1N2. The van der Waals surface area contributed by atoms with Crippen LogP contribution in [-0.4, -0.2) is 10.5 Å². The summed E-state index contributed by atoms with van der Waals surface area (Å²) in [5, 5.41) is 6.30. The zero-order chi connectivity index (χ0) is 12.9. The summed E-state index contributed by atoms with van der Waals surface area (Å²) in [6.45, 7) is 4.05. The number of para-hydroxylation sites is 2. The lowest BCUT2D eigenvalue weighted by Gasteiger charge is -2.08. The van der Waals surface area contributed by atoms with Gasteiger partial charge in [0.05, 0.1) is 17.1 Å². The average molecular weight is 241 g/mol. The summed E-state index contributed by atoms with van der Waals surface area (Å²) in [5.41, 5.74) is 5.54. The van der Waals surface area contributed by atoms with Crippen molar-refractivity contribution in [3.8, 4) is 0 Å². The largest absolute Gasteiger partial charge is 0.352 e. The van der Waals surface area contributed by atoms with E-state index in [0.717, 1.165) is 28.3 Å². The lowest BCUT2D eigenvalue weighted by Crippen LogP contribution is -2.15. The third kappa shape index (κ3) is 1.35. The predicted molar refractivity (Wildman–Crippen MR) is 72.6 cm³/mol. The van der Waals surface area contributed by atoms with Crippen LogP contribution in [0.25, 0.3) is 0 Å². The van der Waals surface area contributed by atoms with Crippen molar-refractivity contribution in [2.45, 2.75) is 13.8 Å². The highest BCUT2D eigenvalue weighted by Gasteiger charge is 2.25. The third-order valence-corrected chi connectivity index (χ3v) is 3.64. The molecule has 0 radical (unpaired) electrons. The van der Waals surface area contributed by atoms with E-state index in [1.165, 1.54) is 0 Å². The monoisotopic (exact) mass is 241 g/mol. The van der Waals surface area contributed by atoms with Gasteiger partial charge in [0.25, 0.3) is 5.91 Å². The number of aromatic nitrogens is 1. The molecule has 0 saturated heterocycles. The van der Waals surface area contributed by atoms with Crippen LogP contribution in [0.4, 0.5) is 17.1 Å². The summed E-state index contributed by atoms with van der Waals surface area (Å²) in [4.78, 5) is 12.3.